The van der Waals surface area contributed by atoms with Gasteiger partial charge in [0.15, 0.2) is 5.82 Å². The summed E-state index contributed by atoms with van der Waals surface area (Å²) in [5.41, 5.74) is 1.13. The number of hydrogen-bond acceptors (Lipinski definition) is 7. The Kier molecular flexibility index (Phi) is 7.29. The molecule has 1 amide bonds. The van der Waals surface area contributed by atoms with Crippen LogP contribution in [0.3, 0.4) is 0 Å². The van der Waals surface area contributed by atoms with Crippen LogP contribution in [0.2, 0.25) is 0 Å². The fourth-order valence-electron chi connectivity index (χ4n) is 3.54. The standard InChI is InChI=1S/C21H25N5O3S3/c1-15-8-9-16(13-18(15)32(28,29)26-10-4-2-3-5-11-26)22-19(27)14-31-21-23-20(24-25-21)17-7-6-12-30-17/h6-9,12-13H,2-5,10-11,14H2,1H3,(H,22,27)(H,23,24,25). The first-order valence-electron chi connectivity index (χ1n) is 10.4. The number of hydrogen-bond donors (Lipinski definition) is 2. The molecule has 4 rings (SSSR count). The SMILES string of the molecule is Cc1ccc(NC(=O)CSc2n[nH]c(-c3cccs3)n2)cc1S(=O)(=O)N1CCCCCC1. The van der Waals surface area contributed by atoms with Gasteiger partial charge in [-0.05, 0) is 48.9 Å². The fourth-order valence-corrected chi connectivity index (χ4v) is 6.57. The summed E-state index contributed by atoms with van der Waals surface area (Å²) in [5.74, 6) is 0.536. The Labute approximate surface area is 195 Å². The third kappa shape index (κ3) is 5.40. The van der Waals surface area contributed by atoms with Crippen molar-refractivity contribution in [3.63, 3.8) is 0 Å². The van der Waals surface area contributed by atoms with Crippen LogP contribution in [0.4, 0.5) is 5.69 Å². The number of carbonyl (C=O) groups is 1. The van der Waals surface area contributed by atoms with E-state index in [0.717, 1.165) is 30.6 Å². The monoisotopic (exact) mass is 491 g/mol. The Hall–Kier alpha value is -2.21. The summed E-state index contributed by atoms with van der Waals surface area (Å²) in [7, 11) is -3.59. The van der Waals surface area contributed by atoms with E-state index in [9.17, 15) is 13.2 Å². The van der Waals surface area contributed by atoms with Crippen molar-refractivity contribution in [3.05, 3.63) is 41.3 Å². The molecular weight excluding hydrogens is 466 g/mol. The van der Waals surface area contributed by atoms with E-state index < -0.39 is 10.0 Å². The quantitative estimate of drug-likeness (QED) is 0.481. The van der Waals surface area contributed by atoms with E-state index in [1.54, 1.807) is 40.8 Å². The summed E-state index contributed by atoms with van der Waals surface area (Å²) < 4.78 is 28.0. The van der Waals surface area contributed by atoms with Gasteiger partial charge >= 0.3 is 0 Å². The zero-order valence-electron chi connectivity index (χ0n) is 17.7. The highest BCUT2D eigenvalue weighted by Crippen LogP contribution is 2.27. The third-order valence-electron chi connectivity index (χ3n) is 5.21. The molecule has 8 nitrogen and oxygen atoms in total. The van der Waals surface area contributed by atoms with Crippen molar-refractivity contribution >= 4 is 44.7 Å². The van der Waals surface area contributed by atoms with Gasteiger partial charge in [-0.25, -0.2) is 13.4 Å². The fraction of sp³-hybridized carbons (Fsp3) is 0.381. The second-order valence-electron chi connectivity index (χ2n) is 7.58. The Bertz CT molecular complexity index is 1170. The zero-order valence-corrected chi connectivity index (χ0v) is 20.2. The number of sulfonamides is 1. The molecule has 0 radical (unpaired) electrons. The molecule has 0 atom stereocenters. The van der Waals surface area contributed by atoms with Crippen LogP contribution in [0, 0.1) is 6.92 Å². The van der Waals surface area contributed by atoms with E-state index in [1.807, 2.05) is 17.5 Å². The first kappa shape index (κ1) is 23.0. The van der Waals surface area contributed by atoms with Crippen molar-refractivity contribution in [2.45, 2.75) is 42.7 Å². The van der Waals surface area contributed by atoms with E-state index in [2.05, 4.69) is 20.5 Å². The van der Waals surface area contributed by atoms with Crippen LogP contribution >= 0.6 is 23.1 Å². The van der Waals surface area contributed by atoms with Crippen molar-refractivity contribution in [1.29, 1.82) is 0 Å². The number of amides is 1. The van der Waals surface area contributed by atoms with Crippen LogP contribution in [0.15, 0.2) is 45.8 Å². The number of anilines is 1. The molecule has 1 saturated heterocycles. The molecule has 0 unspecified atom stereocenters. The zero-order chi connectivity index (χ0) is 22.6. The van der Waals surface area contributed by atoms with Crippen LogP contribution in [0.25, 0.3) is 10.7 Å². The van der Waals surface area contributed by atoms with Gasteiger partial charge in [-0.2, -0.15) is 4.31 Å². The molecule has 2 N–H and O–H groups in total. The van der Waals surface area contributed by atoms with E-state index in [4.69, 9.17) is 0 Å². The van der Waals surface area contributed by atoms with Crippen molar-refractivity contribution < 1.29 is 13.2 Å². The molecule has 1 aliphatic rings. The third-order valence-corrected chi connectivity index (χ3v) is 8.97. The predicted molar refractivity (Wildman–Crippen MR) is 127 cm³/mol. The average molecular weight is 492 g/mol. The molecule has 11 heteroatoms. The Morgan fingerprint density at radius 2 is 2.00 bits per heavy atom. The minimum atomic E-state index is -3.59. The number of rotatable bonds is 7. The topological polar surface area (TPSA) is 108 Å². The van der Waals surface area contributed by atoms with Gasteiger partial charge in [0.25, 0.3) is 0 Å². The Morgan fingerprint density at radius 1 is 1.22 bits per heavy atom. The second kappa shape index (κ2) is 10.2. The molecule has 3 aromatic rings. The summed E-state index contributed by atoms with van der Waals surface area (Å²) in [4.78, 5) is 18.1. The number of thioether (sulfide) groups is 1. The molecule has 170 valence electrons. The molecule has 1 fully saturated rings. The number of aryl methyl sites for hydroxylation is 1. The van der Waals surface area contributed by atoms with Gasteiger partial charge in [-0.3, -0.25) is 9.89 Å². The molecule has 0 bridgehead atoms. The summed E-state index contributed by atoms with van der Waals surface area (Å²) >= 11 is 2.77. The van der Waals surface area contributed by atoms with Crippen LogP contribution in [-0.2, 0) is 14.8 Å². The van der Waals surface area contributed by atoms with Crippen LogP contribution in [0.1, 0.15) is 31.2 Å². The van der Waals surface area contributed by atoms with Gasteiger partial charge in [-0.15, -0.1) is 16.4 Å². The van der Waals surface area contributed by atoms with Gasteiger partial charge in [0.2, 0.25) is 21.1 Å². The van der Waals surface area contributed by atoms with E-state index in [-0.39, 0.29) is 16.6 Å². The molecule has 0 saturated carbocycles. The maximum atomic E-state index is 13.2. The first-order valence-corrected chi connectivity index (χ1v) is 13.7. The maximum absolute atomic E-state index is 13.2. The van der Waals surface area contributed by atoms with E-state index in [1.165, 1.54) is 11.8 Å². The summed E-state index contributed by atoms with van der Waals surface area (Å²) in [6, 6.07) is 8.89. The lowest BCUT2D eigenvalue weighted by Gasteiger charge is -2.21. The molecule has 0 aliphatic carbocycles. The highest BCUT2D eigenvalue weighted by atomic mass is 32.2. The number of nitrogens with one attached hydrogen (secondary N) is 2. The van der Waals surface area contributed by atoms with Gasteiger partial charge in [-0.1, -0.05) is 36.7 Å². The van der Waals surface area contributed by atoms with Gasteiger partial charge in [0.1, 0.15) is 0 Å². The number of H-pyrrole nitrogens is 1. The van der Waals surface area contributed by atoms with E-state index in [0.29, 0.717) is 35.3 Å². The number of aromatic nitrogens is 3. The second-order valence-corrected chi connectivity index (χ2v) is 11.4. The first-order chi connectivity index (χ1) is 15.4. The van der Waals surface area contributed by atoms with Crippen molar-refractivity contribution in [1.82, 2.24) is 19.5 Å². The number of carbonyl (C=O) groups excluding carboxylic acids is 1. The largest absolute Gasteiger partial charge is 0.325 e. The van der Waals surface area contributed by atoms with Crippen molar-refractivity contribution in [2.75, 3.05) is 24.2 Å². The summed E-state index contributed by atoms with van der Waals surface area (Å²) in [6.45, 7) is 2.86. The Morgan fingerprint density at radius 3 is 2.72 bits per heavy atom. The minimum Gasteiger partial charge on any atom is -0.325 e. The smallest absolute Gasteiger partial charge is 0.243 e. The lowest BCUT2D eigenvalue weighted by atomic mass is 10.2. The molecule has 3 heterocycles. The predicted octanol–water partition coefficient (Wildman–Crippen LogP) is 4.14. The molecule has 32 heavy (non-hydrogen) atoms. The lowest BCUT2D eigenvalue weighted by Crippen LogP contribution is -2.32. The van der Waals surface area contributed by atoms with Crippen molar-refractivity contribution in [3.8, 4) is 10.7 Å². The average Bonchev–Trinajstić information content (AvgIpc) is 3.39. The summed E-state index contributed by atoms with van der Waals surface area (Å²) in [6.07, 6.45) is 3.86. The van der Waals surface area contributed by atoms with E-state index >= 15 is 0 Å². The Balaban J connectivity index is 1.40. The van der Waals surface area contributed by atoms with Gasteiger partial charge < -0.3 is 5.32 Å². The van der Waals surface area contributed by atoms with Crippen LogP contribution in [0.5, 0.6) is 0 Å². The number of benzene rings is 1. The highest BCUT2D eigenvalue weighted by molar-refractivity contribution is 7.99. The number of thiophene rings is 1. The lowest BCUT2D eigenvalue weighted by molar-refractivity contribution is -0.113. The van der Waals surface area contributed by atoms with Crippen LogP contribution in [-0.4, -0.2) is 52.7 Å². The normalized spacial score (nSPS) is 15.4. The highest BCUT2D eigenvalue weighted by Gasteiger charge is 2.27. The molecule has 1 aromatic carbocycles. The maximum Gasteiger partial charge on any atom is 0.243 e. The molecule has 1 aliphatic heterocycles. The van der Waals surface area contributed by atoms with Crippen molar-refractivity contribution in [2.24, 2.45) is 0 Å². The molecule has 0 spiro atoms. The van der Waals surface area contributed by atoms with Crippen LogP contribution < -0.4 is 5.32 Å². The molecule has 2 aromatic heterocycles. The minimum absolute atomic E-state index is 0.115. The number of nitrogens with zero attached hydrogens (tertiary/aromatic N) is 3. The number of aromatic amines is 1. The summed E-state index contributed by atoms with van der Waals surface area (Å²) in [5, 5.41) is 12.2. The molecular formula is C21H25N5O3S3. The van der Waals surface area contributed by atoms with Gasteiger partial charge in [0.05, 0.1) is 15.5 Å². The van der Waals surface area contributed by atoms with Gasteiger partial charge in [0, 0.05) is 18.8 Å².